The van der Waals surface area contributed by atoms with Crippen LogP contribution in [-0.4, -0.2) is 44.0 Å². The Morgan fingerprint density at radius 1 is 1.11 bits per heavy atom. The van der Waals surface area contributed by atoms with Gasteiger partial charge in [-0.1, -0.05) is 18.2 Å². The van der Waals surface area contributed by atoms with Crippen LogP contribution in [0.4, 0.5) is 11.4 Å². The molecule has 0 unspecified atom stereocenters. The number of nitrogens with one attached hydrogen (secondary N) is 1. The van der Waals surface area contributed by atoms with Gasteiger partial charge in [0.1, 0.15) is 6.07 Å². The molecule has 0 spiro atoms. The summed E-state index contributed by atoms with van der Waals surface area (Å²) in [7, 11) is 2.11. The van der Waals surface area contributed by atoms with Gasteiger partial charge in [0.25, 0.3) is 5.91 Å². The highest BCUT2D eigenvalue weighted by Gasteiger charge is 2.18. The van der Waals surface area contributed by atoms with Gasteiger partial charge in [0, 0.05) is 36.6 Å². The molecule has 27 heavy (non-hydrogen) atoms. The number of thiophene rings is 1. The fraction of sp³-hybridized carbons (Fsp3) is 0.238. The van der Waals surface area contributed by atoms with Crippen molar-refractivity contribution in [3.05, 3.63) is 59.0 Å². The highest BCUT2D eigenvalue weighted by atomic mass is 32.1. The van der Waals surface area contributed by atoms with Gasteiger partial charge in [-0.05, 0) is 42.8 Å². The SMILES string of the molecule is CN1CCN(c2ccc(NC(=O)c3cc4ccccc4s3)cc2C#N)CC1. The number of benzene rings is 2. The topological polar surface area (TPSA) is 59.4 Å². The lowest BCUT2D eigenvalue weighted by molar-refractivity contribution is 0.103. The van der Waals surface area contributed by atoms with Crippen molar-refractivity contribution >= 4 is 38.7 Å². The van der Waals surface area contributed by atoms with E-state index in [1.165, 1.54) is 11.3 Å². The van der Waals surface area contributed by atoms with Crippen LogP contribution in [0.2, 0.25) is 0 Å². The minimum absolute atomic E-state index is 0.146. The lowest BCUT2D eigenvalue weighted by Gasteiger charge is -2.34. The van der Waals surface area contributed by atoms with Crippen molar-refractivity contribution in [2.45, 2.75) is 0 Å². The largest absolute Gasteiger partial charge is 0.368 e. The number of carbonyl (C=O) groups is 1. The first kappa shape index (κ1) is 17.5. The van der Waals surface area contributed by atoms with E-state index in [2.05, 4.69) is 28.2 Å². The summed E-state index contributed by atoms with van der Waals surface area (Å²) in [6, 6.07) is 17.7. The molecule has 1 saturated heterocycles. The molecule has 0 radical (unpaired) electrons. The van der Waals surface area contributed by atoms with E-state index in [4.69, 9.17) is 0 Å². The molecular formula is C21H20N4OS. The minimum atomic E-state index is -0.146. The Balaban J connectivity index is 1.53. The second-order valence-corrected chi connectivity index (χ2v) is 7.82. The van der Waals surface area contributed by atoms with Gasteiger partial charge >= 0.3 is 0 Å². The molecule has 1 fully saturated rings. The maximum Gasteiger partial charge on any atom is 0.265 e. The molecule has 2 aromatic carbocycles. The van der Waals surface area contributed by atoms with Gasteiger partial charge in [-0.2, -0.15) is 5.26 Å². The second kappa shape index (κ2) is 7.39. The Hall–Kier alpha value is -2.88. The van der Waals surface area contributed by atoms with Gasteiger partial charge in [0.15, 0.2) is 0 Å². The number of rotatable bonds is 3. The van der Waals surface area contributed by atoms with Crippen LogP contribution in [0.5, 0.6) is 0 Å². The number of hydrogen-bond acceptors (Lipinski definition) is 5. The molecule has 136 valence electrons. The van der Waals surface area contributed by atoms with Crippen LogP contribution in [0, 0.1) is 11.3 Å². The van der Waals surface area contributed by atoms with Crippen molar-refractivity contribution in [2.75, 3.05) is 43.4 Å². The molecule has 0 saturated carbocycles. The zero-order valence-corrected chi connectivity index (χ0v) is 15.9. The molecule has 1 aliphatic rings. The van der Waals surface area contributed by atoms with Gasteiger partial charge in [0.2, 0.25) is 0 Å². The van der Waals surface area contributed by atoms with Crippen LogP contribution in [0.1, 0.15) is 15.2 Å². The van der Waals surface area contributed by atoms with E-state index in [1.807, 2.05) is 42.5 Å². The van der Waals surface area contributed by atoms with Gasteiger partial charge in [-0.25, -0.2) is 0 Å². The number of anilines is 2. The predicted octanol–water partition coefficient (Wildman–Crippen LogP) is 3.78. The fourth-order valence-electron chi connectivity index (χ4n) is 3.31. The molecule has 0 bridgehead atoms. The molecule has 0 atom stereocenters. The lowest BCUT2D eigenvalue weighted by Crippen LogP contribution is -2.44. The zero-order valence-electron chi connectivity index (χ0n) is 15.1. The third-order valence-corrected chi connectivity index (χ3v) is 5.98. The van der Waals surface area contributed by atoms with Crippen LogP contribution in [0.3, 0.4) is 0 Å². The summed E-state index contributed by atoms with van der Waals surface area (Å²) in [5, 5.41) is 13.6. The summed E-state index contributed by atoms with van der Waals surface area (Å²) in [5.41, 5.74) is 2.17. The highest BCUT2D eigenvalue weighted by Crippen LogP contribution is 2.28. The third kappa shape index (κ3) is 3.65. The maximum absolute atomic E-state index is 12.6. The number of fused-ring (bicyclic) bond motifs is 1. The standard InChI is InChI=1S/C21H20N4OS/c1-24-8-10-25(11-9-24)18-7-6-17(12-16(18)14-22)23-21(26)20-13-15-4-2-3-5-19(15)27-20/h2-7,12-13H,8-11H2,1H3,(H,23,26). The van der Waals surface area contributed by atoms with Crippen molar-refractivity contribution in [3.63, 3.8) is 0 Å². The van der Waals surface area contributed by atoms with Crippen molar-refractivity contribution < 1.29 is 4.79 Å². The summed E-state index contributed by atoms with van der Waals surface area (Å²) in [5.74, 6) is -0.146. The molecule has 1 aromatic heterocycles. The lowest BCUT2D eigenvalue weighted by atomic mass is 10.1. The monoisotopic (exact) mass is 376 g/mol. The van der Waals surface area contributed by atoms with Crippen LogP contribution < -0.4 is 10.2 Å². The van der Waals surface area contributed by atoms with Crippen LogP contribution >= 0.6 is 11.3 Å². The van der Waals surface area contributed by atoms with Crippen molar-refractivity contribution in [3.8, 4) is 6.07 Å². The summed E-state index contributed by atoms with van der Waals surface area (Å²) >= 11 is 1.47. The van der Waals surface area contributed by atoms with E-state index in [0.717, 1.165) is 42.0 Å². The number of hydrogen-bond donors (Lipinski definition) is 1. The Labute approximate surface area is 162 Å². The van der Waals surface area contributed by atoms with Gasteiger partial charge < -0.3 is 15.1 Å². The van der Waals surface area contributed by atoms with Crippen molar-refractivity contribution in [1.29, 1.82) is 5.26 Å². The number of amides is 1. The highest BCUT2D eigenvalue weighted by molar-refractivity contribution is 7.20. The molecule has 6 heteroatoms. The summed E-state index contributed by atoms with van der Waals surface area (Å²) in [4.78, 5) is 17.8. The fourth-order valence-corrected chi connectivity index (χ4v) is 4.27. The van der Waals surface area contributed by atoms with E-state index >= 15 is 0 Å². The van der Waals surface area contributed by atoms with E-state index in [-0.39, 0.29) is 5.91 Å². The molecule has 4 rings (SSSR count). The second-order valence-electron chi connectivity index (χ2n) is 6.74. The molecule has 1 aliphatic heterocycles. The Morgan fingerprint density at radius 3 is 2.63 bits per heavy atom. The van der Waals surface area contributed by atoms with Crippen molar-refractivity contribution in [1.82, 2.24) is 4.90 Å². The minimum Gasteiger partial charge on any atom is -0.368 e. The van der Waals surface area contributed by atoms with Gasteiger partial charge in [-0.15, -0.1) is 11.3 Å². The number of carbonyl (C=O) groups excluding carboxylic acids is 1. The molecule has 2 heterocycles. The smallest absolute Gasteiger partial charge is 0.265 e. The normalized spacial score (nSPS) is 14.9. The predicted molar refractivity (Wildman–Crippen MR) is 111 cm³/mol. The van der Waals surface area contributed by atoms with E-state index < -0.39 is 0 Å². The molecular weight excluding hydrogens is 356 g/mol. The van der Waals surface area contributed by atoms with Gasteiger partial charge in [-0.3, -0.25) is 4.79 Å². The van der Waals surface area contributed by atoms with E-state index in [0.29, 0.717) is 16.1 Å². The number of nitriles is 1. The average Bonchev–Trinajstić information content (AvgIpc) is 3.13. The number of piperazine rings is 1. The first-order valence-electron chi connectivity index (χ1n) is 8.91. The number of likely N-dealkylation sites (N-methyl/N-ethyl adjacent to an activating group) is 1. The quantitative estimate of drug-likeness (QED) is 0.756. The zero-order chi connectivity index (χ0) is 18.8. The van der Waals surface area contributed by atoms with Crippen molar-refractivity contribution in [2.24, 2.45) is 0 Å². The molecule has 1 N–H and O–H groups in total. The van der Waals surface area contributed by atoms with Crippen LogP contribution in [0.25, 0.3) is 10.1 Å². The third-order valence-electron chi connectivity index (χ3n) is 4.87. The van der Waals surface area contributed by atoms with E-state index in [9.17, 15) is 10.1 Å². The summed E-state index contributed by atoms with van der Waals surface area (Å²) < 4.78 is 1.09. The Morgan fingerprint density at radius 2 is 1.89 bits per heavy atom. The summed E-state index contributed by atoms with van der Waals surface area (Å²) in [6.07, 6.45) is 0. The van der Waals surface area contributed by atoms with Crippen LogP contribution in [-0.2, 0) is 0 Å². The molecule has 0 aliphatic carbocycles. The average molecular weight is 376 g/mol. The molecule has 1 amide bonds. The number of nitrogens with zero attached hydrogens (tertiary/aromatic N) is 3. The molecule has 5 nitrogen and oxygen atoms in total. The maximum atomic E-state index is 12.6. The van der Waals surface area contributed by atoms with E-state index in [1.54, 1.807) is 6.07 Å². The Kier molecular flexibility index (Phi) is 4.80. The Bertz CT molecular complexity index is 995. The first-order chi connectivity index (χ1) is 13.1. The van der Waals surface area contributed by atoms with Gasteiger partial charge in [0.05, 0.1) is 16.1 Å². The first-order valence-corrected chi connectivity index (χ1v) is 9.73. The van der Waals surface area contributed by atoms with Crippen LogP contribution in [0.15, 0.2) is 48.5 Å². The molecule has 3 aromatic rings. The summed E-state index contributed by atoms with van der Waals surface area (Å²) in [6.45, 7) is 3.77.